The number of anilines is 1. The second kappa shape index (κ2) is 6.33. The maximum absolute atomic E-state index is 10.9. The van der Waals surface area contributed by atoms with Gasteiger partial charge in [-0.2, -0.15) is 0 Å². The molecule has 0 saturated carbocycles. The molecule has 1 aromatic carbocycles. The summed E-state index contributed by atoms with van der Waals surface area (Å²) in [4.78, 5) is 0.194. The van der Waals surface area contributed by atoms with E-state index in [0.717, 1.165) is 6.26 Å². The van der Waals surface area contributed by atoms with Gasteiger partial charge in [0.15, 0.2) is 0 Å². The Bertz CT molecular complexity index is 546. The average molecular weight is 308 g/mol. The normalized spacial score (nSPS) is 11.2. The van der Waals surface area contributed by atoms with Crippen LogP contribution in [0.4, 0.5) is 5.69 Å². The molecular formula is C10H14ClN3O2S2. The standard InChI is InChI=1S/C10H14ClN3O2S2/c1-18(15,16)14-6-5-13-8-4-2-3-7(11)9(8)10(12)17/h2-4,13-14H,5-6H2,1H3,(H2,12,17). The Morgan fingerprint density at radius 1 is 1.44 bits per heavy atom. The van der Waals surface area contributed by atoms with E-state index >= 15 is 0 Å². The van der Waals surface area contributed by atoms with E-state index < -0.39 is 10.0 Å². The summed E-state index contributed by atoms with van der Waals surface area (Å²) in [7, 11) is -3.18. The van der Waals surface area contributed by atoms with Gasteiger partial charge in [-0.25, -0.2) is 13.1 Å². The van der Waals surface area contributed by atoms with Gasteiger partial charge in [-0.3, -0.25) is 0 Å². The number of rotatable bonds is 6. The number of nitrogens with two attached hydrogens (primary N) is 1. The Kier molecular flexibility index (Phi) is 5.33. The monoisotopic (exact) mass is 307 g/mol. The van der Waals surface area contributed by atoms with Crippen molar-refractivity contribution >= 4 is 44.5 Å². The van der Waals surface area contributed by atoms with Crippen molar-refractivity contribution in [3.63, 3.8) is 0 Å². The van der Waals surface area contributed by atoms with Gasteiger partial charge in [0, 0.05) is 18.8 Å². The van der Waals surface area contributed by atoms with Crippen LogP contribution in [0.15, 0.2) is 18.2 Å². The van der Waals surface area contributed by atoms with Crippen LogP contribution in [0, 0.1) is 0 Å². The fourth-order valence-electron chi connectivity index (χ4n) is 1.36. The van der Waals surface area contributed by atoms with Gasteiger partial charge in [0.25, 0.3) is 0 Å². The lowest BCUT2D eigenvalue weighted by Crippen LogP contribution is -2.28. The molecule has 100 valence electrons. The highest BCUT2D eigenvalue weighted by Gasteiger charge is 2.09. The Morgan fingerprint density at radius 2 is 2.11 bits per heavy atom. The van der Waals surface area contributed by atoms with E-state index in [-0.39, 0.29) is 11.5 Å². The lowest BCUT2D eigenvalue weighted by molar-refractivity contribution is 0.589. The van der Waals surface area contributed by atoms with Crippen LogP contribution in [-0.2, 0) is 10.0 Å². The Hall–Kier alpha value is -0.890. The van der Waals surface area contributed by atoms with E-state index in [1.54, 1.807) is 18.2 Å². The molecule has 1 aromatic rings. The summed E-state index contributed by atoms with van der Waals surface area (Å²) in [6, 6.07) is 5.23. The van der Waals surface area contributed by atoms with Gasteiger partial charge in [-0.05, 0) is 12.1 Å². The molecule has 0 radical (unpaired) electrons. The molecular weight excluding hydrogens is 294 g/mol. The summed E-state index contributed by atoms with van der Waals surface area (Å²) in [5, 5.41) is 3.49. The molecule has 0 heterocycles. The van der Waals surface area contributed by atoms with Crippen molar-refractivity contribution in [2.75, 3.05) is 24.7 Å². The molecule has 18 heavy (non-hydrogen) atoms. The van der Waals surface area contributed by atoms with Gasteiger partial charge >= 0.3 is 0 Å². The molecule has 0 saturated heterocycles. The fourth-order valence-corrected chi connectivity index (χ4v) is 2.38. The van der Waals surface area contributed by atoms with Crippen LogP contribution in [0.25, 0.3) is 0 Å². The minimum Gasteiger partial charge on any atom is -0.389 e. The molecule has 4 N–H and O–H groups in total. The Labute approximate surface area is 117 Å². The maximum atomic E-state index is 10.9. The number of benzene rings is 1. The molecule has 0 amide bonds. The van der Waals surface area contributed by atoms with Crippen LogP contribution in [0.3, 0.4) is 0 Å². The smallest absolute Gasteiger partial charge is 0.208 e. The van der Waals surface area contributed by atoms with Crippen molar-refractivity contribution in [3.8, 4) is 0 Å². The van der Waals surface area contributed by atoms with Crippen LogP contribution in [0.5, 0.6) is 0 Å². The number of thiocarbonyl (C=S) groups is 1. The Balaban J connectivity index is 2.68. The van der Waals surface area contributed by atoms with E-state index in [4.69, 9.17) is 29.6 Å². The number of hydrogen-bond donors (Lipinski definition) is 3. The van der Waals surface area contributed by atoms with Crippen molar-refractivity contribution in [1.82, 2.24) is 4.72 Å². The van der Waals surface area contributed by atoms with E-state index in [2.05, 4.69) is 10.0 Å². The number of nitrogens with one attached hydrogen (secondary N) is 2. The molecule has 0 atom stereocenters. The summed E-state index contributed by atoms with van der Waals surface area (Å²) in [5.41, 5.74) is 6.83. The topological polar surface area (TPSA) is 84.2 Å². The summed E-state index contributed by atoms with van der Waals surface area (Å²) in [6.45, 7) is 0.672. The molecule has 1 rings (SSSR count). The first-order chi connectivity index (χ1) is 8.31. The second-order valence-corrected chi connectivity index (χ2v) is 6.30. The van der Waals surface area contributed by atoms with Crippen LogP contribution >= 0.6 is 23.8 Å². The van der Waals surface area contributed by atoms with E-state index in [0.29, 0.717) is 22.8 Å². The first kappa shape index (κ1) is 15.2. The van der Waals surface area contributed by atoms with Crippen molar-refractivity contribution in [2.45, 2.75) is 0 Å². The molecule has 0 aliphatic heterocycles. The average Bonchev–Trinajstić information content (AvgIpc) is 2.22. The largest absolute Gasteiger partial charge is 0.389 e. The van der Waals surface area contributed by atoms with E-state index in [9.17, 15) is 8.42 Å². The van der Waals surface area contributed by atoms with Gasteiger partial charge in [0.2, 0.25) is 10.0 Å². The molecule has 0 fully saturated rings. The third-order valence-electron chi connectivity index (χ3n) is 2.06. The summed E-state index contributed by atoms with van der Waals surface area (Å²) >= 11 is 10.9. The highest BCUT2D eigenvalue weighted by atomic mass is 35.5. The predicted molar refractivity (Wildman–Crippen MR) is 78.7 cm³/mol. The molecule has 8 heteroatoms. The first-order valence-electron chi connectivity index (χ1n) is 5.08. The summed E-state index contributed by atoms with van der Waals surface area (Å²) < 4.78 is 24.1. The SMILES string of the molecule is CS(=O)(=O)NCCNc1cccc(Cl)c1C(N)=S. The zero-order chi connectivity index (χ0) is 13.8. The molecule has 0 spiro atoms. The lowest BCUT2D eigenvalue weighted by Gasteiger charge is -2.12. The van der Waals surface area contributed by atoms with Gasteiger partial charge in [-0.15, -0.1) is 0 Å². The second-order valence-electron chi connectivity index (χ2n) is 3.62. The van der Waals surface area contributed by atoms with Crippen LogP contribution in [0.2, 0.25) is 5.02 Å². The number of sulfonamides is 1. The molecule has 5 nitrogen and oxygen atoms in total. The maximum Gasteiger partial charge on any atom is 0.208 e. The zero-order valence-electron chi connectivity index (χ0n) is 9.73. The number of hydrogen-bond acceptors (Lipinski definition) is 4. The van der Waals surface area contributed by atoms with Crippen LogP contribution in [0.1, 0.15) is 5.56 Å². The third kappa shape index (κ3) is 4.77. The Morgan fingerprint density at radius 3 is 2.67 bits per heavy atom. The van der Waals surface area contributed by atoms with Gasteiger partial charge in [0.05, 0.1) is 16.8 Å². The fraction of sp³-hybridized carbons (Fsp3) is 0.300. The van der Waals surface area contributed by atoms with Gasteiger partial charge < -0.3 is 11.1 Å². The van der Waals surface area contributed by atoms with E-state index in [1.807, 2.05) is 0 Å². The highest BCUT2D eigenvalue weighted by Crippen LogP contribution is 2.23. The quantitative estimate of drug-likeness (QED) is 0.538. The van der Waals surface area contributed by atoms with Crippen molar-refractivity contribution in [3.05, 3.63) is 28.8 Å². The third-order valence-corrected chi connectivity index (χ3v) is 3.31. The summed E-state index contributed by atoms with van der Waals surface area (Å²) in [5.74, 6) is 0. The van der Waals surface area contributed by atoms with E-state index in [1.165, 1.54) is 0 Å². The van der Waals surface area contributed by atoms with Crippen molar-refractivity contribution < 1.29 is 8.42 Å². The molecule has 0 aliphatic carbocycles. The minimum atomic E-state index is -3.18. The molecule has 0 bridgehead atoms. The van der Waals surface area contributed by atoms with Crippen molar-refractivity contribution in [1.29, 1.82) is 0 Å². The van der Waals surface area contributed by atoms with Crippen molar-refractivity contribution in [2.24, 2.45) is 5.73 Å². The molecule has 0 aliphatic rings. The van der Waals surface area contributed by atoms with Gasteiger partial charge in [-0.1, -0.05) is 29.9 Å². The number of halogens is 1. The van der Waals surface area contributed by atoms with Crippen LogP contribution < -0.4 is 15.8 Å². The highest BCUT2D eigenvalue weighted by molar-refractivity contribution is 7.88. The molecule has 0 aromatic heterocycles. The summed E-state index contributed by atoms with van der Waals surface area (Å²) in [6.07, 6.45) is 1.10. The first-order valence-corrected chi connectivity index (χ1v) is 7.76. The zero-order valence-corrected chi connectivity index (χ0v) is 12.1. The van der Waals surface area contributed by atoms with Gasteiger partial charge in [0.1, 0.15) is 4.99 Å². The van der Waals surface area contributed by atoms with Crippen LogP contribution in [-0.4, -0.2) is 32.8 Å². The predicted octanol–water partition coefficient (Wildman–Crippen LogP) is 0.935. The molecule has 0 unspecified atom stereocenters. The minimum absolute atomic E-state index is 0.194. The lowest BCUT2D eigenvalue weighted by atomic mass is 10.1.